The number of aromatic nitrogens is 1. The quantitative estimate of drug-likeness (QED) is 0.924. The Morgan fingerprint density at radius 2 is 1.90 bits per heavy atom. The van der Waals surface area contributed by atoms with E-state index in [-0.39, 0.29) is 12.1 Å². The summed E-state index contributed by atoms with van der Waals surface area (Å²) in [5, 5.41) is 0. The molecule has 6 heteroatoms. The first-order chi connectivity index (χ1) is 9.91. The Labute approximate surface area is 123 Å². The molecule has 21 heavy (non-hydrogen) atoms. The molecule has 1 saturated carbocycles. The van der Waals surface area contributed by atoms with Crippen LogP contribution in [0.1, 0.15) is 44.7 Å². The second-order valence-electron chi connectivity index (χ2n) is 5.64. The van der Waals surface area contributed by atoms with Gasteiger partial charge in [0.1, 0.15) is 11.5 Å². The van der Waals surface area contributed by atoms with E-state index in [4.69, 9.17) is 5.73 Å². The largest absolute Gasteiger partial charge is 0.433 e. The van der Waals surface area contributed by atoms with Crippen molar-refractivity contribution in [2.45, 2.75) is 57.3 Å². The van der Waals surface area contributed by atoms with E-state index < -0.39 is 11.9 Å². The number of anilines is 1. The second-order valence-corrected chi connectivity index (χ2v) is 5.64. The number of pyridine rings is 1. The molecule has 1 aromatic rings. The monoisotopic (exact) mass is 301 g/mol. The molecule has 1 aliphatic carbocycles. The van der Waals surface area contributed by atoms with Gasteiger partial charge in [-0.2, -0.15) is 13.2 Å². The maximum atomic E-state index is 12.8. The zero-order valence-electron chi connectivity index (χ0n) is 12.2. The van der Waals surface area contributed by atoms with Crippen LogP contribution in [0, 0.1) is 0 Å². The van der Waals surface area contributed by atoms with Gasteiger partial charge in [0.05, 0.1) is 0 Å². The van der Waals surface area contributed by atoms with Crippen molar-refractivity contribution < 1.29 is 13.2 Å². The van der Waals surface area contributed by atoms with Crippen LogP contribution in [-0.2, 0) is 6.18 Å². The number of hydrogen-bond acceptors (Lipinski definition) is 3. The molecule has 0 aromatic carbocycles. The first-order valence-corrected chi connectivity index (χ1v) is 7.48. The van der Waals surface area contributed by atoms with Crippen molar-refractivity contribution in [3.05, 3.63) is 23.9 Å². The highest BCUT2D eigenvalue weighted by Crippen LogP contribution is 2.31. The Morgan fingerprint density at radius 1 is 1.24 bits per heavy atom. The smallest absolute Gasteiger partial charge is 0.354 e. The third-order valence-electron chi connectivity index (χ3n) is 3.97. The summed E-state index contributed by atoms with van der Waals surface area (Å²) in [6.07, 6.45) is 0.148. The molecule has 0 radical (unpaired) electrons. The fourth-order valence-electron chi connectivity index (χ4n) is 2.88. The van der Waals surface area contributed by atoms with Gasteiger partial charge in [-0.3, -0.25) is 0 Å². The zero-order chi connectivity index (χ0) is 15.5. The van der Waals surface area contributed by atoms with Gasteiger partial charge in [0.15, 0.2) is 0 Å². The fourth-order valence-corrected chi connectivity index (χ4v) is 2.88. The van der Waals surface area contributed by atoms with Crippen LogP contribution in [0.25, 0.3) is 0 Å². The van der Waals surface area contributed by atoms with E-state index in [1.165, 1.54) is 6.07 Å². The summed E-state index contributed by atoms with van der Waals surface area (Å²) in [5.41, 5.74) is 5.08. The molecule has 0 amide bonds. The van der Waals surface area contributed by atoms with Gasteiger partial charge in [0.25, 0.3) is 0 Å². The van der Waals surface area contributed by atoms with Crippen LogP contribution in [0.3, 0.4) is 0 Å². The molecule has 1 aromatic heterocycles. The lowest BCUT2D eigenvalue weighted by molar-refractivity contribution is -0.141. The molecular weight excluding hydrogens is 279 g/mol. The highest BCUT2D eigenvalue weighted by molar-refractivity contribution is 5.41. The Morgan fingerprint density at radius 3 is 2.48 bits per heavy atom. The average molecular weight is 301 g/mol. The molecule has 0 unspecified atom stereocenters. The average Bonchev–Trinajstić information content (AvgIpc) is 2.45. The summed E-state index contributed by atoms with van der Waals surface area (Å²) in [6.45, 7) is 2.74. The van der Waals surface area contributed by atoms with E-state index in [2.05, 4.69) is 4.98 Å². The number of halogens is 3. The Kier molecular flexibility index (Phi) is 5.08. The van der Waals surface area contributed by atoms with Crippen molar-refractivity contribution in [1.29, 1.82) is 0 Å². The predicted molar refractivity (Wildman–Crippen MR) is 77.1 cm³/mol. The van der Waals surface area contributed by atoms with Crippen molar-refractivity contribution in [1.82, 2.24) is 4.98 Å². The van der Waals surface area contributed by atoms with Crippen LogP contribution < -0.4 is 10.6 Å². The fraction of sp³-hybridized carbons (Fsp3) is 0.667. The van der Waals surface area contributed by atoms with Gasteiger partial charge in [0, 0.05) is 18.6 Å². The van der Waals surface area contributed by atoms with Crippen LogP contribution in [0.4, 0.5) is 19.0 Å². The van der Waals surface area contributed by atoms with E-state index >= 15 is 0 Å². The van der Waals surface area contributed by atoms with Crippen LogP contribution in [0.15, 0.2) is 18.2 Å². The minimum absolute atomic E-state index is 0.221. The molecule has 0 aliphatic heterocycles. The number of rotatable bonds is 4. The lowest BCUT2D eigenvalue weighted by atomic mass is 9.90. The van der Waals surface area contributed by atoms with Gasteiger partial charge in [-0.05, 0) is 44.2 Å². The Hall–Kier alpha value is -1.30. The normalized spacial score (nSPS) is 23.1. The first-order valence-electron chi connectivity index (χ1n) is 7.48. The van der Waals surface area contributed by atoms with Gasteiger partial charge in [-0.15, -0.1) is 0 Å². The summed E-state index contributed by atoms with van der Waals surface area (Å²) in [6, 6.07) is 4.58. The molecule has 118 valence electrons. The predicted octanol–water partition coefficient (Wildman–Crippen LogP) is 3.59. The van der Waals surface area contributed by atoms with Crippen molar-refractivity contribution in [2.24, 2.45) is 5.73 Å². The number of nitrogens with two attached hydrogens (primary N) is 1. The van der Waals surface area contributed by atoms with Gasteiger partial charge in [-0.25, -0.2) is 4.98 Å². The third-order valence-corrected chi connectivity index (χ3v) is 3.97. The Balaban J connectivity index is 2.21. The van der Waals surface area contributed by atoms with Gasteiger partial charge in [-0.1, -0.05) is 13.0 Å². The second kappa shape index (κ2) is 6.64. The molecule has 0 saturated heterocycles. The lowest BCUT2D eigenvalue weighted by Crippen LogP contribution is -2.42. The molecule has 0 atom stereocenters. The lowest BCUT2D eigenvalue weighted by Gasteiger charge is -2.37. The van der Waals surface area contributed by atoms with Crippen molar-refractivity contribution in [2.75, 3.05) is 11.4 Å². The van der Waals surface area contributed by atoms with Crippen LogP contribution >= 0.6 is 0 Å². The molecule has 2 rings (SSSR count). The minimum atomic E-state index is -4.40. The molecule has 3 nitrogen and oxygen atoms in total. The maximum absolute atomic E-state index is 12.8. The van der Waals surface area contributed by atoms with Crippen LogP contribution in [0.5, 0.6) is 0 Å². The topological polar surface area (TPSA) is 42.2 Å². The standard InChI is InChI=1S/C15H22F3N3/c1-2-10-21(12-8-6-11(19)7-9-12)14-5-3-4-13(20-14)15(16,17)18/h3-5,11-12H,2,6-10,19H2,1H3. The molecule has 0 spiro atoms. The first kappa shape index (κ1) is 16.1. The van der Waals surface area contributed by atoms with Crippen molar-refractivity contribution in [3.8, 4) is 0 Å². The highest BCUT2D eigenvalue weighted by atomic mass is 19.4. The van der Waals surface area contributed by atoms with E-state index in [0.717, 1.165) is 38.2 Å². The number of alkyl halides is 3. The van der Waals surface area contributed by atoms with Gasteiger partial charge >= 0.3 is 6.18 Å². The van der Waals surface area contributed by atoms with E-state index in [1.807, 2.05) is 11.8 Å². The number of hydrogen-bond donors (Lipinski definition) is 1. The highest BCUT2D eigenvalue weighted by Gasteiger charge is 2.33. The zero-order valence-corrected chi connectivity index (χ0v) is 12.2. The summed E-state index contributed by atoms with van der Waals surface area (Å²) in [4.78, 5) is 5.84. The SMILES string of the molecule is CCCN(c1cccc(C(F)(F)F)n1)C1CCC(N)CC1. The van der Waals surface area contributed by atoms with Crippen molar-refractivity contribution in [3.63, 3.8) is 0 Å². The summed E-state index contributed by atoms with van der Waals surface area (Å²) < 4.78 is 38.4. The molecule has 1 heterocycles. The van der Waals surface area contributed by atoms with E-state index in [1.54, 1.807) is 6.07 Å². The molecule has 2 N–H and O–H groups in total. The summed E-state index contributed by atoms with van der Waals surface area (Å²) in [5.74, 6) is 0.423. The maximum Gasteiger partial charge on any atom is 0.433 e. The Bertz CT molecular complexity index is 454. The van der Waals surface area contributed by atoms with Gasteiger partial charge in [0.2, 0.25) is 0 Å². The van der Waals surface area contributed by atoms with E-state index in [0.29, 0.717) is 12.4 Å². The number of nitrogens with zero attached hydrogens (tertiary/aromatic N) is 2. The minimum Gasteiger partial charge on any atom is -0.354 e. The van der Waals surface area contributed by atoms with Crippen LogP contribution in [0.2, 0.25) is 0 Å². The van der Waals surface area contributed by atoms with Gasteiger partial charge < -0.3 is 10.6 Å². The molecular formula is C15H22F3N3. The van der Waals surface area contributed by atoms with Crippen LogP contribution in [-0.4, -0.2) is 23.6 Å². The van der Waals surface area contributed by atoms with E-state index in [9.17, 15) is 13.2 Å². The summed E-state index contributed by atoms with van der Waals surface area (Å²) >= 11 is 0. The summed E-state index contributed by atoms with van der Waals surface area (Å²) in [7, 11) is 0. The third kappa shape index (κ3) is 4.09. The molecule has 1 aliphatic rings. The van der Waals surface area contributed by atoms with Crippen molar-refractivity contribution >= 4 is 5.82 Å². The molecule has 0 bridgehead atoms. The molecule has 1 fully saturated rings.